The fourth-order valence-corrected chi connectivity index (χ4v) is 4.28. The van der Waals surface area contributed by atoms with Crippen molar-refractivity contribution < 1.29 is 17.9 Å². The number of benzene rings is 2. The molecule has 2 aromatic carbocycles. The van der Waals surface area contributed by atoms with Crippen LogP contribution in [-0.4, -0.2) is 32.9 Å². The molecule has 0 aliphatic carbocycles. The first-order valence-corrected chi connectivity index (χ1v) is 10.1. The number of sulfonamides is 1. The first kappa shape index (κ1) is 17.5. The van der Waals surface area contributed by atoms with Gasteiger partial charge in [-0.2, -0.15) is 0 Å². The minimum absolute atomic E-state index is 0.0473. The van der Waals surface area contributed by atoms with Crippen molar-refractivity contribution in [2.75, 3.05) is 24.2 Å². The van der Waals surface area contributed by atoms with Crippen molar-refractivity contribution in [1.82, 2.24) is 4.98 Å². The zero-order chi connectivity index (χ0) is 17.9. The second kappa shape index (κ2) is 7.28. The lowest BCUT2D eigenvalue weighted by atomic mass is 10.2. The predicted molar refractivity (Wildman–Crippen MR) is 100 cm³/mol. The largest absolute Gasteiger partial charge is 0.497 e. The third-order valence-electron chi connectivity index (χ3n) is 3.47. The predicted octanol–water partition coefficient (Wildman–Crippen LogP) is 3.43. The van der Waals surface area contributed by atoms with Crippen LogP contribution in [0.15, 0.2) is 42.5 Å². The van der Waals surface area contributed by atoms with Crippen molar-refractivity contribution in [3.05, 3.63) is 48.0 Å². The number of nitrogens with one attached hydrogen (secondary N) is 1. The number of thiazole rings is 1. The van der Waals surface area contributed by atoms with Gasteiger partial charge in [0, 0.05) is 0 Å². The van der Waals surface area contributed by atoms with E-state index in [-0.39, 0.29) is 12.4 Å². The van der Waals surface area contributed by atoms with E-state index in [0.29, 0.717) is 16.6 Å². The van der Waals surface area contributed by atoms with E-state index >= 15 is 0 Å². The number of fused-ring (bicyclic) bond motifs is 1. The highest BCUT2D eigenvalue weighted by Gasteiger charge is 2.14. The minimum Gasteiger partial charge on any atom is -0.497 e. The Morgan fingerprint density at radius 1 is 1.12 bits per heavy atom. The number of methoxy groups -OCH3 is 1. The number of aryl methyl sites for hydroxylation is 1. The molecule has 0 amide bonds. The molecule has 8 heteroatoms. The molecule has 3 aromatic rings. The van der Waals surface area contributed by atoms with Gasteiger partial charge in [0.2, 0.25) is 10.0 Å². The Hall–Kier alpha value is -2.32. The Balaban J connectivity index is 1.58. The fourth-order valence-electron chi connectivity index (χ4n) is 2.20. The third-order valence-corrected chi connectivity index (χ3v) is 5.74. The van der Waals surface area contributed by atoms with Crippen molar-refractivity contribution in [3.63, 3.8) is 0 Å². The van der Waals surface area contributed by atoms with Crippen LogP contribution in [0.5, 0.6) is 11.5 Å². The summed E-state index contributed by atoms with van der Waals surface area (Å²) in [6, 6.07) is 12.8. The maximum Gasteiger partial charge on any atom is 0.237 e. The smallest absolute Gasteiger partial charge is 0.237 e. The van der Waals surface area contributed by atoms with Gasteiger partial charge in [0.15, 0.2) is 5.13 Å². The topological polar surface area (TPSA) is 77.5 Å². The molecule has 25 heavy (non-hydrogen) atoms. The highest BCUT2D eigenvalue weighted by Crippen LogP contribution is 2.27. The maximum absolute atomic E-state index is 12.2. The van der Waals surface area contributed by atoms with Gasteiger partial charge in [-0.15, -0.1) is 0 Å². The SMILES string of the molecule is COc1ccc(OCCS(=O)(=O)Nc2nc3ccc(C)cc3s2)cc1. The lowest BCUT2D eigenvalue weighted by Crippen LogP contribution is -2.21. The first-order valence-electron chi connectivity index (χ1n) is 7.60. The van der Waals surface area contributed by atoms with Crippen molar-refractivity contribution in [1.29, 1.82) is 0 Å². The molecule has 6 nitrogen and oxygen atoms in total. The van der Waals surface area contributed by atoms with E-state index in [2.05, 4.69) is 9.71 Å². The van der Waals surface area contributed by atoms with Crippen LogP contribution in [0.25, 0.3) is 10.2 Å². The number of ether oxygens (including phenoxy) is 2. The van der Waals surface area contributed by atoms with E-state index in [1.807, 2.05) is 25.1 Å². The van der Waals surface area contributed by atoms with Gasteiger partial charge in [-0.3, -0.25) is 4.72 Å². The Kier molecular flexibility index (Phi) is 5.10. The maximum atomic E-state index is 12.2. The van der Waals surface area contributed by atoms with Gasteiger partial charge < -0.3 is 9.47 Å². The fraction of sp³-hybridized carbons (Fsp3) is 0.235. The van der Waals surface area contributed by atoms with Crippen LogP contribution in [0.4, 0.5) is 5.13 Å². The molecule has 0 spiro atoms. The monoisotopic (exact) mass is 378 g/mol. The Morgan fingerprint density at radius 2 is 1.84 bits per heavy atom. The summed E-state index contributed by atoms with van der Waals surface area (Å²) in [5, 5.41) is 0.366. The Morgan fingerprint density at radius 3 is 2.56 bits per heavy atom. The summed E-state index contributed by atoms with van der Waals surface area (Å²) in [4.78, 5) is 4.30. The molecule has 1 aromatic heterocycles. The van der Waals surface area contributed by atoms with Crippen molar-refractivity contribution in [2.24, 2.45) is 0 Å². The van der Waals surface area contributed by atoms with Gasteiger partial charge >= 0.3 is 0 Å². The van der Waals surface area contributed by atoms with E-state index in [1.165, 1.54) is 11.3 Å². The van der Waals surface area contributed by atoms with Gasteiger partial charge in [-0.05, 0) is 48.9 Å². The first-order chi connectivity index (χ1) is 11.9. The summed E-state index contributed by atoms with van der Waals surface area (Å²) in [6.45, 7) is 2.03. The second-order valence-electron chi connectivity index (χ2n) is 5.44. The molecule has 0 fully saturated rings. The second-order valence-corrected chi connectivity index (χ2v) is 8.31. The molecule has 0 aliphatic rings. The van der Waals surface area contributed by atoms with Crippen LogP contribution < -0.4 is 14.2 Å². The summed E-state index contributed by atoms with van der Waals surface area (Å²) in [7, 11) is -1.95. The van der Waals surface area contributed by atoms with Crippen molar-refractivity contribution in [3.8, 4) is 11.5 Å². The zero-order valence-electron chi connectivity index (χ0n) is 13.9. The van der Waals surface area contributed by atoms with Crippen molar-refractivity contribution >= 4 is 36.7 Å². The number of hydrogen-bond acceptors (Lipinski definition) is 6. The Labute approximate surface area is 150 Å². The van der Waals surface area contributed by atoms with E-state index < -0.39 is 10.0 Å². The normalized spacial score (nSPS) is 11.4. The van der Waals surface area contributed by atoms with Crippen LogP contribution in [0.2, 0.25) is 0 Å². The van der Waals surface area contributed by atoms with Gasteiger partial charge in [-0.25, -0.2) is 13.4 Å². The summed E-state index contributed by atoms with van der Waals surface area (Å²) >= 11 is 1.32. The number of nitrogens with zero attached hydrogens (tertiary/aromatic N) is 1. The standard InChI is InChI=1S/C17H18N2O4S2/c1-12-3-8-15-16(11-12)24-17(18-15)19-25(20,21)10-9-23-14-6-4-13(22-2)5-7-14/h3-8,11H,9-10H2,1-2H3,(H,18,19). The highest BCUT2D eigenvalue weighted by molar-refractivity contribution is 7.92. The molecule has 0 atom stereocenters. The number of hydrogen-bond donors (Lipinski definition) is 1. The molecular weight excluding hydrogens is 360 g/mol. The minimum atomic E-state index is -3.53. The van der Waals surface area contributed by atoms with Crippen LogP contribution in [0, 0.1) is 6.92 Å². The molecule has 0 unspecified atom stereocenters. The Bertz CT molecular complexity index is 966. The number of anilines is 1. The molecule has 1 N–H and O–H groups in total. The molecular formula is C17H18N2O4S2. The molecule has 0 saturated heterocycles. The lowest BCUT2D eigenvalue weighted by Gasteiger charge is -2.08. The lowest BCUT2D eigenvalue weighted by molar-refractivity contribution is 0.340. The summed E-state index contributed by atoms with van der Waals surface area (Å²) < 4.78 is 38.4. The summed E-state index contributed by atoms with van der Waals surface area (Å²) in [6.07, 6.45) is 0. The van der Waals surface area contributed by atoms with Crippen molar-refractivity contribution in [2.45, 2.75) is 6.92 Å². The summed E-state index contributed by atoms with van der Waals surface area (Å²) in [5.74, 6) is 1.15. The molecule has 0 bridgehead atoms. The highest BCUT2D eigenvalue weighted by atomic mass is 32.2. The molecule has 0 saturated carbocycles. The molecule has 0 radical (unpaired) electrons. The van der Waals surface area contributed by atoms with Crippen LogP contribution in [0.3, 0.4) is 0 Å². The van der Waals surface area contributed by atoms with E-state index in [1.54, 1.807) is 31.4 Å². The molecule has 0 aliphatic heterocycles. The molecule has 1 heterocycles. The van der Waals surface area contributed by atoms with Gasteiger partial charge in [0.05, 0.1) is 17.3 Å². The van der Waals surface area contributed by atoms with E-state index in [9.17, 15) is 8.42 Å². The van der Waals surface area contributed by atoms with Crippen LogP contribution >= 0.6 is 11.3 Å². The van der Waals surface area contributed by atoms with Crippen LogP contribution in [0.1, 0.15) is 5.56 Å². The van der Waals surface area contributed by atoms with E-state index in [4.69, 9.17) is 9.47 Å². The zero-order valence-corrected chi connectivity index (χ0v) is 15.5. The third kappa shape index (κ3) is 4.61. The average molecular weight is 378 g/mol. The van der Waals surface area contributed by atoms with E-state index in [0.717, 1.165) is 15.8 Å². The van der Waals surface area contributed by atoms with Crippen LogP contribution in [-0.2, 0) is 10.0 Å². The number of rotatable bonds is 7. The quantitative estimate of drug-likeness (QED) is 0.681. The number of aromatic nitrogens is 1. The van der Waals surface area contributed by atoms with Gasteiger partial charge in [0.1, 0.15) is 23.9 Å². The molecule has 3 rings (SSSR count). The van der Waals surface area contributed by atoms with Gasteiger partial charge in [0.25, 0.3) is 0 Å². The summed E-state index contributed by atoms with van der Waals surface area (Å²) in [5.41, 5.74) is 1.89. The molecule has 132 valence electrons. The average Bonchev–Trinajstić information content (AvgIpc) is 2.95. The van der Waals surface area contributed by atoms with Gasteiger partial charge in [-0.1, -0.05) is 17.4 Å².